The Morgan fingerprint density at radius 2 is 2.00 bits per heavy atom. The van der Waals surface area contributed by atoms with Gasteiger partial charge in [0.25, 0.3) is 0 Å². The van der Waals surface area contributed by atoms with E-state index >= 15 is 0 Å². The summed E-state index contributed by atoms with van der Waals surface area (Å²) in [6.07, 6.45) is 0.889. The topological polar surface area (TPSA) is 78.4 Å². The summed E-state index contributed by atoms with van der Waals surface area (Å²) in [7, 11) is 0. The molecule has 0 spiro atoms. The van der Waals surface area contributed by atoms with Crippen molar-refractivity contribution in [2.24, 2.45) is 0 Å². The van der Waals surface area contributed by atoms with Gasteiger partial charge >= 0.3 is 5.97 Å². The first-order chi connectivity index (χ1) is 9.45. The molecule has 1 unspecified atom stereocenters. The zero-order valence-corrected chi connectivity index (χ0v) is 12.3. The second-order valence-electron chi connectivity index (χ2n) is 4.55. The van der Waals surface area contributed by atoms with Gasteiger partial charge in [-0.15, -0.1) is 0 Å². The van der Waals surface area contributed by atoms with Crippen molar-refractivity contribution in [3.63, 3.8) is 0 Å². The highest BCUT2D eigenvalue weighted by Crippen LogP contribution is 2.22. The predicted molar refractivity (Wildman–Crippen MR) is 77.7 cm³/mol. The standard InChI is InChI=1S/C14H19ClN2O3/c1-3-9(2)16-8-12(18)17-13(14(19)20)10-6-4-5-7-11(10)15/h4-7,9,13,16H,3,8H2,1-2H3,(H,17,18)(H,19,20)/t9?,13-/m1/s1. The Bertz CT molecular complexity index is 479. The van der Waals surface area contributed by atoms with Crippen molar-refractivity contribution in [1.82, 2.24) is 10.6 Å². The molecule has 0 aliphatic carbocycles. The lowest BCUT2D eigenvalue weighted by atomic mass is 10.1. The Hall–Kier alpha value is -1.59. The van der Waals surface area contributed by atoms with E-state index in [1.165, 1.54) is 0 Å². The minimum atomic E-state index is -1.14. The van der Waals surface area contributed by atoms with Crippen molar-refractivity contribution in [3.8, 4) is 0 Å². The summed E-state index contributed by atoms with van der Waals surface area (Å²) < 4.78 is 0. The normalized spacial score (nSPS) is 13.6. The number of nitrogens with one attached hydrogen (secondary N) is 2. The quantitative estimate of drug-likeness (QED) is 0.719. The fourth-order valence-corrected chi connectivity index (χ4v) is 1.85. The van der Waals surface area contributed by atoms with E-state index in [1.807, 2.05) is 13.8 Å². The van der Waals surface area contributed by atoms with E-state index in [-0.39, 0.29) is 18.5 Å². The highest BCUT2D eigenvalue weighted by Gasteiger charge is 2.23. The monoisotopic (exact) mass is 298 g/mol. The smallest absolute Gasteiger partial charge is 0.330 e. The summed E-state index contributed by atoms with van der Waals surface area (Å²) in [5.41, 5.74) is 0.374. The van der Waals surface area contributed by atoms with Crippen molar-refractivity contribution in [3.05, 3.63) is 34.9 Å². The third-order valence-corrected chi connectivity index (χ3v) is 3.34. The van der Waals surface area contributed by atoms with Crippen LogP contribution in [0.25, 0.3) is 0 Å². The zero-order valence-electron chi connectivity index (χ0n) is 11.5. The van der Waals surface area contributed by atoms with Gasteiger partial charge in [-0.1, -0.05) is 36.7 Å². The van der Waals surface area contributed by atoms with E-state index in [4.69, 9.17) is 11.6 Å². The average molecular weight is 299 g/mol. The molecule has 1 aromatic rings. The molecular weight excluding hydrogens is 280 g/mol. The largest absolute Gasteiger partial charge is 0.479 e. The van der Waals surface area contributed by atoms with Gasteiger partial charge in [-0.05, 0) is 19.4 Å². The van der Waals surface area contributed by atoms with Gasteiger partial charge in [0.2, 0.25) is 5.91 Å². The molecule has 0 saturated heterocycles. The van der Waals surface area contributed by atoms with Crippen molar-refractivity contribution in [1.29, 1.82) is 0 Å². The van der Waals surface area contributed by atoms with Crippen LogP contribution in [-0.2, 0) is 9.59 Å². The second-order valence-corrected chi connectivity index (χ2v) is 4.96. The van der Waals surface area contributed by atoms with Crippen molar-refractivity contribution < 1.29 is 14.7 Å². The number of aliphatic carboxylic acids is 1. The molecular formula is C14H19ClN2O3. The molecule has 3 N–H and O–H groups in total. The molecule has 0 aromatic heterocycles. The molecule has 6 heteroatoms. The van der Waals surface area contributed by atoms with Gasteiger partial charge < -0.3 is 15.7 Å². The number of carboxylic acid groups (broad SMARTS) is 1. The van der Waals surface area contributed by atoms with Gasteiger partial charge in [0.05, 0.1) is 6.54 Å². The van der Waals surface area contributed by atoms with Crippen LogP contribution in [0.5, 0.6) is 0 Å². The first-order valence-corrected chi connectivity index (χ1v) is 6.83. The number of rotatable bonds is 7. The van der Waals surface area contributed by atoms with E-state index in [2.05, 4.69) is 10.6 Å². The summed E-state index contributed by atoms with van der Waals surface area (Å²) >= 11 is 5.97. The van der Waals surface area contributed by atoms with Gasteiger partial charge in [-0.3, -0.25) is 4.79 Å². The number of halogens is 1. The number of hydrogen-bond acceptors (Lipinski definition) is 3. The highest BCUT2D eigenvalue weighted by atomic mass is 35.5. The Morgan fingerprint density at radius 1 is 1.35 bits per heavy atom. The first kappa shape index (κ1) is 16.5. The van der Waals surface area contributed by atoms with Crippen LogP contribution in [0, 0.1) is 0 Å². The third-order valence-electron chi connectivity index (χ3n) is 2.99. The van der Waals surface area contributed by atoms with E-state index < -0.39 is 12.0 Å². The molecule has 1 rings (SSSR count). The van der Waals surface area contributed by atoms with Crippen LogP contribution in [-0.4, -0.2) is 29.6 Å². The molecule has 0 fully saturated rings. The molecule has 2 atom stereocenters. The molecule has 0 aliphatic rings. The van der Waals surface area contributed by atoms with Gasteiger partial charge in [-0.2, -0.15) is 0 Å². The lowest BCUT2D eigenvalue weighted by Crippen LogP contribution is -2.41. The summed E-state index contributed by atoms with van der Waals surface area (Å²) in [6.45, 7) is 4.03. The zero-order chi connectivity index (χ0) is 15.1. The number of hydrogen-bond donors (Lipinski definition) is 3. The van der Waals surface area contributed by atoms with Crippen LogP contribution in [0.2, 0.25) is 5.02 Å². The highest BCUT2D eigenvalue weighted by molar-refractivity contribution is 6.31. The minimum absolute atomic E-state index is 0.0727. The SMILES string of the molecule is CCC(C)NCC(=O)N[C@@H](C(=O)O)c1ccccc1Cl. The second kappa shape index (κ2) is 7.87. The Morgan fingerprint density at radius 3 is 2.55 bits per heavy atom. The number of carbonyl (C=O) groups is 2. The molecule has 1 aromatic carbocycles. The molecule has 1 amide bonds. The maximum Gasteiger partial charge on any atom is 0.330 e. The molecule has 0 radical (unpaired) electrons. The van der Waals surface area contributed by atoms with Gasteiger partial charge in [0.1, 0.15) is 0 Å². The van der Waals surface area contributed by atoms with Gasteiger partial charge in [0, 0.05) is 16.6 Å². The molecule has 0 saturated carbocycles. The Labute approximate surface area is 123 Å². The average Bonchev–Trinajstić information content (AvgIpc) is 2.42. The molecule has 0 bridgehead atoms. The number of benzene rings is 1. The van der Waals surface area contributed by atoms with Crippen molar-refractivity contribution in [2.45, 2.75) is 32.4 Å². The van der Waals surface area contributed by atoms with E-state index in [1.54, 1.807) is 24.3 Å². The predicted octanol–water partition coefficient (Wildman–Crippen LogP) is 1.97. The van der Waals surface area contributed by atoms with E-state index in [0.717, 1.165) is 6.42 Å². The molecule has 5 nitrogen and oxygen atoms in total. The minimum Gasteiger partial charge on any atom is -0.479 e. The van der Waals surface area contributed by atoms with Gasteiger partial charge in [-0.25, -0.2) is 4.79 Å². The van der Waals surface area contributed by atoms with Crippen LogP contribution in [0.3, 0.4) is 0 Å². The number of carboxylic acids is 1. The summed E-state index contributed by atoms with van der Waals surface area (Å²) in [5.74, 6) is -1.52. The van der Waals surface area contributed by atoms with Gasteiger partial charge in [0.15, 0.2) is 6.04 Å². The van der Waals surface area contributed by atoms with Crippen LogP contribution in [0.4, 0.5) is 0 Å². The number of carbonyl (C=O) groups excluding carboxylic acids is 1. The number of amides is 1. The molecule has 0 heterocycles. The maximum atomic E-state index is 11.8. The summed E-state index contributed by atoms with van der Waals surface area (Å²) in [6, 6.07) is 5.62. The fourth-order valence-electron chi connectivity index (χ4n) is 1.61. The molecule has 20 heavy (non-hydrogen) atoms. The van der Waals surface area contributed by atoms with Crippen molar-refractivity contribution in [2.75, 3.05) is 6.54 Å². The Kier molecular flexibility index (Phi) is 6.48. The fraction of sp³-hybridized carbons (Fsp3) is 0.429. The first-order valence-electron chi connectivity index (χ1n) is 6.45. The molecule has 110 valence electrons. The van der Waals surface area contributed by atoms with E-state index in [0.29, 0.717) is 10.6 Å². The lowest BCUT2D eigenvalue weighted by Gasteiger charge is -2.17. The Balaban J connectivity index is 2.72. The van der Waals surface area contributed by atoms with Crippen LogP contribution < -0.4 is 10.6 Å². The summed E-state index contributed by atoms with van der Waals surface area (Å²) in [5, 5.41) is 15.0. The summed E-state index contributed by atoms with van der Waals surface area (Å²) in [4.78, 5) is 23.1. The van der Waals surface area contributed by atoms with Crippen LogP contribution >= 0.6 is 11.6 Å². The van der Waals surface area contributed by atoms with Crippen molar-refractivity contribution >= 4 is 23.5 Å². The van der Waals surface area contributed by atoms with E-state index in [9.17, 15) is 14.7 Å². The maximum absolute atomic E-state index is 11.8. The van der Waals surface area contributed by atoms with Crippen LogP contribution in [0.1, 0.15) is 31.9 Å². The lowest BCUT2D eigenvalue weighted by molar-refractivity contribution is -0.141. The third kappa shape index (κ3) is 4.83. The molecule has 0 aliphatic heterocycles. The van der Waals surface area contributed by atoms with Crippen LogP contribution in [0.15, 0.2) is 24.3 Å².